The van der Waals surface area contributed by atoms with Crippen LogP contribution in [0.3, 0.4) is 0 Å². The van der Waals surface area contributed by atoms with Crippen LogP contribution in [0.4, 0.5) is 5.69 Å². The van der Waals surface area contributed by atoms with Crippen LogP contribution in [-0.4, -0.2) is 28.6 Å². The van der Waals surface area contributed by atoms with Crippen molar-refractivity contribution in [2.24, 2.45) is 0 Å². The van der Waals surface area contributed by atoms with E-state index in [9.17, 15) is 14.4 Å². The maximum atomic E-state index is 11.7. The first-order valence-corrected chi connectivity index (χ1v) is 7.27. The maximum Gasteiger partial charge on any atom is 0.256 e. The van der Waals surface area contributed by atoms with Crippen molar-refractivity contribution in [1.29, 1.82) is 0 Å². The van der Waals surface area contributed by atoms with Gasteiger partial charge in [-0.05, 0) is 24.1 Å². The lowest BCUT2D eigenvalue weighted by atomic mass is 10.1. The molecule has 0 unspecified atom stereocenters. The molecule has 0 saturated heterocycles. The molecule has 0 atom stereocenters. The summed E-state index contributed by atoms with van der Waals surface area (Å²) in [6.45, 7) is 1.90. The van der Waals surface area contributed by atoms with Gasteiger partial charge in [-0.25, -0.2) is 0 Å². The zero-order valence-corrected chi connectivity index (χ0v) is 13.3. The second kappa shape index (κ2) is 9.07. The van der Waals surface area contributed by atoms with Gasteiger partial charge in [0.05, 0.1) is 22.7 Å². The highest BCUT2D eigenvalue weighted by molar-refractivity contribution is 9.07. The Morgan fingerprint density at radius 1 is 1.33 bits per heavy atom. The van der Waals surface area contributed by atoms with Crippen LogP contribution in [0, 0.1) is 0 Å². The van der Waals surface area contributed by atoms with E-state index in [4.69, 9.17) is 0 Å². The van der Waals surface area contributed by atoms with Crippen molar-refractivity contribution in [3.63, 3.8) is 0 Å². The fraction of sp³-hybridized carbons (Fsp3) is 0.267. The molecule has 0 radical (unpaired) electrons. The van der Waals surface area contributed by atoms with E-state index in [0.717, 1.165) is 15.9 Å². The summed E-state index contributed by atoms with van der Waals surface area (Å²) < 4.78 is 1.12. The lowest BCUT2D eigenvalue weighted by Gasteiger charge is -2.09. The number of nitrogens with one attached hydrogen (secondary N) is 1. The number of carbonyl (C=O) groups excluding carboxylic acids is 3. The van der Waals surface area contributed by atoms with E-state index >= 15 is 0 Å². The molecule has 0 aromatic heterocycles. The molecular weight excluding hydrogens is 336 g/mol. The Morgan fingerprint density at radius 3 is 2.71 bits per heavy atom. The van der Waals surface area contributed by atoms with Crippen LogP contribution in [0.5, 0.6) is 0 Å². The molecule has 112 valence electrons. The quantitative estimate of drug-likeness (QED) is 0.466. The number of benzene rings is 1. The first-order chi connectivity index (χ1) is 10.1. The molecule has 0 spiro atoms. The van der Waals surface area contributed by atoms with Crippen molar-refractivity contribution in [1.82, 2.24) is 3.93 Å². The Labute approximate surface area is 132 Å². The van der Waals surface area contributed by atoms with Crippen LogP contribution < -0.4 is 5.32 Å². The van der Waals surface area contributed by atoms with Gasteiger partial charge in [0.2, 0.25) is 5.91 Å². The summed E-state index contributed by atoms with van der Waals surface area (Å²) in [7, 11) is 0. The van der Waals surface area contributed by atoms with Crippen molar-refractivity contribution in [2.75, 3.05) is 11.9 Å². The number of anilines is 1. The lowest BCUT2D eigenvalue weighted by molar-refractivity contribution is -0.123. The highest BCUT2D eigenvalue weighted by Gasteiger charge is 2.07. The Balaban J connectivity index is 2.81. The summed E-state index contributed by atoms with van der Waals surface area (Å²) in [6, 6.07) is 7.19. The fourth-order valence-corrected chi connectivity index (χ4v) is 1.83. The summed E-state index contributed by atoms with van der Waals surface area (Å²) >= 11 is 2.99. The van der Waals surface area contributed by atoms with Gasteiger partial charge in [-0.3, -0.25) is 13.5 Å². The number of rotatable bonds is 7. The van der Waals surface area contributed by atoms with E-state index in [2.05, 4.69) is 21.5 Å². The van der Waals surface area contributed by atoms with Crippen LogP contribution in [0.25, 0.3) is 6.08 Å². The van der Waals surface area contributed by atoms with Gasteiger partial charge >= 0.3 is 0 Å². The van der Waals surface area contributed by atoms with Crippen molar-refractivity contribution in [3.05, 3.63) is 35.9 Å². The van der Waals surface area contributed by atoms with Crippen LogP contribution in [-0.2, 0) is 14.4 Å². The van der Waals surface area contributed by atoms with Crippen LogP contribution in [0.1, 0.15) is 25.3 Å². The Hall–Kier alpha value is -1.95. The molecule has 0 aliphatic rings. The molecular formula is C15H17BrN2O3. The molecule has 0 heterocycles. The Morgan fingerprint density at radius 2 is 2.05 bits per heavy atom. The molecule has 0 aliphatic carbocycles. The molecule has 21 heavy (non-hydrogen) atoms. The number of para-hydroxylation sites is 1. The zero-order chi connectivity index (χ0) is 15.7. The van der Waals surface area contributed by atoms with Crippen molar-refractivity contribution in [3.8, 4) is 0 Å². The van der Waals surface area contributed by atoms with Gasteiger partial charge in [0.15, 0.2) is 0 Å². The third kappa shape index (κ3) is 5.91. The first-order valence-electron chi connectivity index (χ1n) is 6.56. The third-order valence-corrected chi connectivity index (χ3v) is 3.23. The number of hydrogen-bond acceptors (Lipinski definition) is 3. The van der Waals surface area contributed by atoms with Crippen molar-refractivity contribution < 1.29 is 14.4 Å². The molecule has 0 fully saturated rings. The second-order valence-electron chi connectivity index (χ2n) is 4.27. The lowest BCUT2D eigenvalue weighted by Crippen LogP contribution is -2.20. The number of amides is 2. The molecule has 0 saturated carbocycles. The minimum Gasteiger partial charge on any atom is -0.326 e. The molecule has 1 rings (SSSR count). The molecule has 2 amide bonds. The number of aldehydes is 1. The van der Waals surface area contributed by atoms with E-state index in [0.29, 0.717) is 18.4 Å². The summed E-state index contributed by atoms with van der Waals surface area (Å²) in [5, 5.41) is 2.81. The van der Waals surface area contributed by atoms with Crippen molar-refractivity contribution in [2.45, 2.75) is 19.8 Å². The van der Waals surface area contributed by atoms with Crippen LogP contribution >= 0.6 is 16.1 Å². The van der Waals surface area contributed by atoms with E-state index in [1.807, 2.05) is 19.1 Å². The normalized spacial score (nSPS) is 10.4. The van der Waals surface area contributed by atoms with Gasteiger partial charge in [-0.1, -0.05) is 25.1 Å². The predicted octanol–water partition coefficient (Wildman–Crippen LogP) is 2.78. The fourth-order valence-electron chi connectivity index (χ4n) is 1.59. The smallest absolute Gasteiger partial charge is 0.256 e. The summed E-state index contributed by atoms with van der Waals surface area (Å²) in [4.78, 5) is 33.7. The summed E-state index contributed by atoms with van der Waals surface area (Å²) in [5.41, 5.74) is 1.37. The largest absolute Gasteiger partial charge is 0.326 e. The molecule has 1 aromatic rings. The number of halogens is 1. The minimum absolute atomic E-state index is 0.0297. The molecule has 1 aromatic carbocycles. The van der Waals surface area contributed by atoms with E-state index in [-0.39, 0.29) is 18.4 Å². The van der Waals surface area contributed by atoms with Crippen LogP contribution in [0.15, 0.2) is 30.3 Å². The third-order valence-electron chi connectivity index (χ3n) is 2.59. The van der Waals surface area contributed by atoms with E-state index in [1.54, 1.807) is 18.2 Å². The van der Waals surface area contributed by atoms with E-state index < -0.39 is 0 Å². The topological polar surface area (TPSA) is 66.5 Å². The second-order valence-corrected chi connectivity index (χ2v) is 5.12. The van der Waals surface area contributed by atoms with Gasteiger partial charge in [0, 0.05) is 18.2 Å². The molecule has 1 N–H and O–H groups in total. The average Bonchev–Trinajstić information content (AvgIpc) is 2.46. The van der Waals surface area contributed by atoms with Gasteiger partial charge in [-0.2, -0.15) is 0 Å². The van der Waals surface area contributed by atoms with Crippen molar-refractivity contribution >= 4 is 46.0 Å². The SMILES string of the molecule is CCCC(=O)Nc1ccccc1/C=C/C(=O)N(Br)CC=O. The van der Waals surface area contributed by atoms with Gasteiger partial charge in [0.1, 0.15) is 6.29 Å². The summed E-state index contributed by atoms with van der Waals surface area (Å²) in [5.74, 6) is -0.412. The van der Waals surface area contributed by atoms with Gasteiger partial charge in [-0.15, -0.1) is 0 Å². The minimum atomic E-state index is -0.350. The van der Waals surface area contributed by atoms with E-state index in [1.165, 1.54) is 6.08 Å². The number of nitrogens with zero attached hydrogens (tertiary/aromatic N) is 1. The molecule has 0 bridgehead atoms. The zero-order valence-electron chi connectivity index (χ0n) is 11.7. The predicted molar refractivity (Wildman–Crippen MR) is 85.7 cm³/mol. The maximum absolute atomic E-state index is 11.7. The Bertz CT molecular complexity index is 543. The average molecular weight is 353 g/mol. The number of hydrogen-bond donors (Lipinski definition) is 1. The highest BCUT2D eigenvalue weighted by Crippen LogP contribution is 2.17. The molecule has 5 nitrogen and oxygen atoms in total. The Kier molecular flexibility index (Phi) is 7.39. The molecule has 6 heteroatoms. The van der Waals surface area contributed by atoms with Gasteiger partial charge in [0.25, 0.3) is 5.91 Å². The number of carbonyl (C=O) groups is 3. The monoisotopic (exact) mass is 352 g/mol. The van der Waals surface area contributed by atoms with Crippen LogP contribution in [0.2, 0.25) is 0 Å². The van der Waals surface area contributed by atoms with Gasteiger partial charge < -0.3 is 10.1 Å². The molecule has 0 aliphatic heterocycles. The standard InChI is InChI=1S/C15H17BrN2O3/c1-2-5-14(20)17-13-7-4-3-6-12(13)8-9-15(21)18(16)10-11-19/h3-4,6-9,11H,2,5,10H2,1H3,(H,17,20)/b9-8+. The first kappa shape index (κ1) is 17.1. The highest BCUT2D eigenvalue weighted by atomic mass is 79.9. The summed E-state index contributed by atoms with van der Waals surface area (Å²) in [6.07, 6.45) is 4.78.